The zero-order chi connectivity index (χ0) is 19.2. The minimum Gasteiger partial charge on any atom is -0.482 e. The lowest BCUT2D eigenvalue weighted by Crippen LogP contribution is -2.40. The summed E-state index contributed by atoms with van der Waals surface area (Å²) >= 11 is 0. The molecule has 0 saturated heterocycles. The molecule has 1 aliphatic rings. The molecule has 0 bridgehead atoms. The zero-order valence-corrected chi connectivity index (χ0v) is 14.7. The van der Waals surface area contributed by atoms with Crippen molar-refractivity contribution in [2.75, 3.05) is 23.4 Å². The second-order valence-corrected chi connectivity index (χ2v) is 6.19. The van der Waals surface area contributed by atoms with Crippen molar-refractivity contribution in [3.63, 3.8) is 0 Å². The number of carbonyl (C=O) groups is 3. The predicted octanol–water partition coefficient (Wildman–Crippen LogP) is 2.46. The number of aryl methyl sites for hydroxylation is 1. The smallest absolute Gasteiger partial charge is 0.303 e. The lowest BCUT2D eigenvalue weighted by atomic mass is 10.1. The number of aliphatic carboxylic acids is 1. The maximum atomic E-state index is 12.2. The number of carbonyl (C=O) groups excluding carboxylic acids is 2. The van der Waals surface area contributed by atoms with Gasteiger partial charge >= 0.3 is 5.97 Å². The van der Waals surface area contributed by atoms with Crippen molar-refractivity contribution in [3.05, 3.63) is 54.1 Å². The van der Waals surface area contributed by atoms with Crippen LogP contribution in [0.4, 0.5) is 11.4 Å². The van der Waals surface area contributed by atoms with E-state index in [1.807, 2.05) is 12.1 Å². The van der Waals surface area contributed by atoms with Gasteiger partial charge < -0.3 is 20.1 Å². The Morgan fingerprint density at radius 3 is 2.56 bits per heavy atom. The summed E-state index contributed by atoms with van der Waals surface area (Å²) in [6.07, 6.45) is 0.670. The Morgan fingerprint density at radius 2 is 1.81 bits per heavy atom. The number of carboxylic acid groups (broad SMARTS) is 1. The van der Waals surface area contributed by atoms with E-state index >= 15 is 0 Å². The van der Waals surface area contributed by atoms with Crippen LogP contribution in [-0.4, -0.2) is 36.0 Å². The molecule has 0 saturated carbocycles. The molecule has 1 heterocycles. The molecule has 2 aromatic carbocycles. The summed E-state index contributed by atoms with van der Waals surface area (Å²) in [5.74, 6) is -0.588. The van der Waals surface area contributed by atoms with Crippen LogP contribution in [0.5, 0.6) is 5.75 Å². The molecule has 7 nitrogen and oxygen atoms in total. The van der Waals surface area contributed by atoms with E-state index in [1.165, 1.54) is 0 Å². The Hall–Kier alpha value is -3.35. The molecule has 7 heteroatoms. The Morgan fingerprint density at radius 1 is 1.07 bits per heavy atom. The van der Waals surface area contributed by atoms with Crippen LogP contribution in [-0.2, 0) is 20.8 Å². The van der Waals surface area contributed by atoms with Gasteiger partial charge in [-0.05, 0) is 36.2 Å². The fraction of sp³-hybridized carbons (Fsp3) is 0.250. The first-order valence-electron chi connectivity index (χ1n) is 8.66. The van der Waals surface area contributed by atoms with E-state index in [2.05, 4.69) is 5.32 Å². The fourth-order valence-electron chi connectivity index (χ4n) is 2.84. The van der Waals surface area contributed by atoms with Gasteiger partial charge in [0.25, 0.3) is 5.91 Å². The molecule has 1 aliphatic heterocycles. The quantitative estimate of drug-likeness (QED) is 0.783. The summed E-state index contributed by atoms with van der Waals surface area (Å²) in [7, 11) is 0. The van der Waals surface area contributed by atoms with E-state index in [1.54, 1.807) is 41.3 Å². The molecular weight excluding hydrogens is 348 g/mol. The Balaban J connectivity index is 1.54. The van der Waals surface area contributed by atoms with Crippen LogP contribution in [0.15, 0.2) is 48.5 Å². The third kappa shape index (κ3) is 4.84. The van der Waals surface area contributed by atoms with Crippen LogP contribution in [0.25, 0.3) is 0 Å². The van der Waals surface area contributed by atoms with Crippen LogP contribution < -0.4 is 15.0 Å². The van der Waals surface area contributed by atoms with Gasteiger partial charge in [-0.1, -0.05) is 24.3 Å². The first kappa shape index (κ1) is 18.4. The van der Waals surface area contributed by atoms with Crippen molar-refractivity contribution < 1.29 is 24.2 Å². The van der Waals surface area contributed by atoms with Gasteiger partial charge in [-0.2, -0.15) is 0 Å². The van der Waals surface area contributed by atoms with Gasteiger partial charge in [0.05, 0.1) is 5.69 Å². The number of anilines is 2. The number of fused-ring (bicyclic) bond motifs is 1. The molecule has 3 rings (SSSR count). The maximum absolute atomic E-state index is 12.2. The third-order valence-electron chi connectivity index (χ3n) is 4.24. The van der Waals surface area contributed by atoms with Gasteiger partial charge in [-0.3, -0.25) is 14.4 Å². The summed E-state index contributed by atoms with van der Waals surface area (Å²) in [6, 6.07) is 14.3. The zero-order valence-electron chi connectivity index (χ0n) is 14.7. The van der Waals surface area contributed by atoms with Gasteiger partial charge in [0.1, 0.15) is 5.75 Å². The number of rotatable bonds is 7. The van der Waals surface area contributed by atoms with E-state index in [4.69, 9.17) is 9.84 Å². The third-order valence-corrected chi connectivity index (χ3v) is 4.24. The Bertz CT molecular complexity index is 848. The van der Waals surface area contributed by atoms with Crippen molar-refractivity contribution in [1.29, 1.82) is 0 Å². The van der Waals surface area contributed by atoms with E-state index < -0.39 is 5.97 Å². The topological polar surface area (TPSA) is 95.9 Å². The number of para-hydroxylation sites is 2. The molecule has 27 heavy (non-hydrogen) atoms. The monoisotopic (exact) mass is 368 g/mol. The normalized spacial score (nSPS) is 12.9. The number of carboxylic acids is 1. The van der Waals surface area contributed by atoms with Crippen LogP contribution in [0.3, 0.4) is 0 Å². The second kappa shape index (κ2) is 8.35. The van der Waals surface area contributed by atoms with Crippen LogP contribution in [0.2, 0.25) is 0 Å². The van der Waals surface area contributed by atoms with Crippen molar-refractivity contribution in [1.82, 2.24) is 0 Å². The Labute approximate surface area is 156 Å². The van der Waals surface area contributed by atoms with Crippen molar-refractivity contribution in [2.45, 2.75) is 19.3 Å². The first-order valence-corrected chi connectivity index (χ1v) is 8.66. The Kier molecular flexibility index (Phi) is 5.71. The SMILES string of the molecule is O=C(O)CCc1ccc(NC(=O)CCN2C(=O)COc3ccccc32)cc1. The lowest BCUT2D eigenvalue weighted by Gasteiger charge is -2.29. The molecule has 2 N–H and O–H groups in total. The van der Waals surface area contributed by atoms with E-state index in [0.29, 0.717) is 23.5 Å². The largest absolute Gasteiger partial charge is 0.482 e. The second-order valence-electron chi connectivity index (χ2n) is 6.19. The number of benzene rings is 2. The number of hydrogen-bond acceptors (Lipinski definition) is 4. The van der Waals surface area contributed by atoms with E-state index in [0.717, 1.165) is 5.56 Å². The molecule has 0 radical (unpaired) electrons. The van der Waals surface area contributed by atoms with Gasteiger partial charge in [0.15, 0.2) is 6.61 Å². The molecule has 0 aromatic heterocycles. The molecule has 0 atom stereocenters. The minimum atomic E-state index is -0.841. The maximum Gasteiger partial charge on any atom is 0.303 e. The fourth-order valence-corrected chi connectivity index (χ4v) is 2.84. The molecule has 0 spiro atoms. The predicted molar refractivity (Wildman–Crippen MR) is 99.9 cm³/mol. The van der Waals surface area contributed by atoms with Crippen LogP contribution in [0, 0.1) is 0 Å². The number of nitrogens with one attached hydrogen (secondary N) is 1. The summed E-state index contributed by atoms with van der Waals surface area (Å²) < 4.78 is 5.39. The van der Waals surface area contributed by atoms with Crippen molar-refractivity contribution in [3.8, 4) is 5.75 Å². The number of amides is 2. The standard InChI is InChI=1S/C20H20N2O5/c23-18(21-15-8-5-14(6-9-15)7-10-20(25)26)11-12-22-16-3-1-2-4-17(16)27-13-19(22)24/h1-6,8-9H,7,10-13H2,(H,21,23)(H,25,26). The average molecular weight is 368 g/mol. The molecule has 2 aromatic rings. The van der Waals surface area contributed by atoms with Gasteiger partial charge in [-0.25, -0.2) is 0 Å². The highest BCUT2D eigenvalue weighted by Gasteiger charge is 2.25. The first-order chi connectivity index (χ1) is 13.0. The summed E-state index contributed by atoms with van der Waals surface area (Å²) in [4.78, 5) is 36.5. The highest BCUT2D eigenvalue weighted by atomic mass is 16.5. The minimum absolute atomic E-state index is 0.0313. The molecule has 0 fully saturated rings. The molecule has 2 amide bonds. The van der Waals surface area contributed by atoms with Crippen molar-refractivity contribution >= 4 is 29.2 Å². The summed E-state index contributed by atoms with van der Waals surface area (Å²) in [6.45, 7) is 0.234. The van der Waals surface area contributed by atoms with E-state index in [9.17, 15) is 14.4 Å². The lowest BCUT2D eigenvalue weighted by molar-refractivity contribution is -0.137. The molecule has 140 valence electrons. The number of nitrogens with zero attached hydrogens (tertiary/aromatic N) is 1. The average Bonchev–Trinajstić information content (AvgIpc) is 2.66. The summed E-state index contributed by atoms with van der Waals surface area (Å²) in [5, 5.41) is 11.5. The highest BCUT2D eigenvalue weighted by Crippen LogP contribution is 2.31. The van der Waals surface area contributed by atoms with Gasteiger partial charge in [0.2, 0.25) is 5.91 Å². The molecule has 0 aliphatic carbocycles. The van der Waals surface area contributed by atoms with Crippen LogP contribution in [0.1, 0.15) is 18.4 Å². The van der Waals surface area contributed by atoms with Gasteiger partial charge in [-0.15, -0.1) is 0 Å². The number of ether oxygens (including phenoxy) is 1. The summed E-state index contributed by atoms with van der Waals surface area (Å²) in [5.41, 5.74) is 2.20. The number of hydrogen-bond donors (Lipinski definition) is 2. The van der Waals surface area contributed by atoms with Gasteiger partial charge in [0, 0.05) is 25.1 Å². The molecular formula is C20H20N2O5. The van der Waals surface area contributed by atoms with Crippen molar-refractivity contribution in [2.24, 2.45) is 0 Å². The van der Waals surface area contributed by atoms with E-state index in [-0.39, 0.29) is 37.8 Å². The van der Waals surface area contributed by atoms with Crippen LogP contribution >= 0.6 is 0 Å². The molecule has 0 unspecified atom stereocenters. The highest BCUT2D eigenvalue weighted by molar-refractivity contribution is 5.99.